The van der Waals surface area contributed by atoms with Crippen LogP contribution in [-0.4, -0.2) is 73.8 Å². The van der Waals surface area contributed by atoms with E-state index in [1.807, 2.05) is 12.1 Å². The highest BCUT2D eigenvalue weighted by Gasteiger charge is 2.54. The summed E-state index contributed by atoms with van der Waals surface area (Å²) in [6.07, 6.45) is 6.24. The molecule has 2 aromatic carbocycles. The molecule has 0 N–H and O–H groups in total. The van der Waals surface area contributed by atoms with Crippen LogP contribution < -0.4 is 4.74 Å². The van der Waals surface area contributed by atoms with Gasteiger partial charge in [0.25, 0.3) is 0 Å². The van der Waals surface area contributed by atoms with Crippen LogP contribution in [0.1, 0.15) is 49.7 Å². The van der Waals surface area contributed by atoms with Crippen molar-refractivity contribution in [1.82, 2.24) is 14.7 Å². The Balaban J connectivity index is 1.39. The number of hydrogen-bond donors (Lipinski definition) is 0. The lowest BCUT2D eigenvalue weighted by Gasteiger charge is -2.51. The standard InChI is InChI=1S/C30H41N3O3/c1-31(2)30(26-7-5-4-6-8-26)17-15-29(16-18-30)23-32(21-24-9-11-27(35-3)12-10-24)28(34)33(29)22-25-13-19-36-20-14-25/h4-12,25H,13-23H2,1-3H3/t29-,30+. The first-order valence-electron chi connectivity index (χ1n) is 13.5. The van der Waals surface area contributed by atoms with Gasteiger partial charge < -0.3 is 19.3 Å². The Bertz CT molecular complexity index is 1010. The molecule has 3 fully saturated rings. The van der Waals surface area contributed by atoms with Crippen molar-refractivity contribution in [3.8, 4) is 5.75 Å². The summed E-state index contributed by atoms with van der Waals surface area (Å²) in [4.78, 5) is 20.7. The summed E-state index contributed by atoms with van der Waals surface area (Å²) in [6.45, 7) is 3.92. The molecule has 2 aromatic rings. The third-order valence-electron chi connectivity index (χ3n) is 9.05. The largest absolute Gasteiger partial charge is 0.497 e. The van der Waals surface area contributed by atoms with Crippen LogP contribution >= 0.6 is 0 Å². The number of nitrogens with zero attached hydrogens (tertiary/aromatic N) is 3. The van der Waals surface area contributed by atoms with Crippen LogP contribution in [0, 0.1) is 5.92 Å². The summed E-state index contributed by atoms with van der Waals surface area (Å²) in [5.74, 6) is 1.37. The van der Waals surface area contributed by atoms with Crippen molar-refractivity contribution >= 4 is 6.03 Å². The van der Waals surface area contributed by atoms with Gasteiger partial charge in [-0.15, -0.1) is 0 Å². The van der Waals surface area contributed by atoms with E-state index in [-0.39, 0.29) is 17.1 Å². The molecule has 0 radical (unpaired) electrons. The molecule has 2 aliphatic heterocycles. The molecule has 194 valence electrons. The van der Waals surface area contributed by atoms with Crippen LogP contribution in [0.15, 0.2) is 54.6 Å². The Kier molecular flexibility index (Phi) is 7.27. The van der Waals surface area contributed by atoms with Gasteiger partial charge in [-0.2, -0.15) is 0 Å². The number of urea groups is 1. The molecule has 0 bridgehead atoms. The molecular formula is C30H41N3O3. The van der Waals surface area contributed by atoms with Crippen molar-refractivity contribution in [1.29, 1.82) is 0 Å². The van der Waals surface area contributed by atoms with E-state index in [4.69, 9.17) is 9.47 Å². The van der Waals surface area contributed by atoms with E-state index in [9.17, 15) is 4.79 Å². The van der Waals surface area contributed by atoms with Gasteiger partial charge in [-0.05, 0) is 81.8 Å². The molecule has 6 nitrogen and oxygen atoms in total. The van der Waals surface area contributed by atoms with Crippen LogP contribution in [0.4, 0.5) is 4.79 Å². The summed E-state index contributed by atoms with van der Waals surface area (Å²) in [6, 6.07) is 19.3. The first-order chi connectivity index (χ1) is 17.5. The number of ether oxygens (including phenoxy) is 2. The van der Waals surface area contributed by atoms with Gasteiger partial charge in [0.15, 0.2) is 0 Å². The van der Waals surface area contributed by atoms with Crippen molar-refractivity contribution in [3.63, 3.8) is 0 Å². The van der Waals surface area contributed by atoms with Crippen LogP contribution in [0.5, 0.6) is 5.75 Å². The Morgan fingerprint density at radius 1 is 0.972 bits per heavy atom. The highest BCUT2D eigenvalue weighted by molar-refractivity contribution is 5.78. The summed E-state index contributed by atoms with van der Waals surface area (Å²) in [7, 11) is 6.10. The number of rotatable bonds is 7. The zero-order chi connectivity index (χ0) is 25.2. The van der Waals surface area contributed by atoms with Crippen LogP contribution in [0.3, 0.4) is 0 Å². The molecule has 0 atom stereocenters. The number of carbonyl (C=O) groups excluding carboxylic acids is 1. The number of benzene rings is 2. The van der Waals surface area contributed by atoms with Gasteiger partial charge in [0.1, 0.15) is 5.75 Å². The van der Waals surface area contributed by atoms with Gasteiger partial charge in [-0.3, -0.25) is 4.90 Å². The highest BCUT2D eigenvalue weighted by Crippen LogP contribution is 2.49. The zero-order valence-corrected chi connectivity index (χ0v) is 22.1. The van der Waals surface area contributed by atoms with E-state index >= 15 is 0 Å². The minimum atomic E-state index is -0.101. The third kappa shape index (κ3) is 4.73. The molecule has 1 spiro atoms. The fourth-order valence-corrected chi connectivity index (χ4v) is 6.72. The van der Waals surface area contributed by atoms with E-state index in [0.29, 0.717) is 12.5 Å². The van der Waals surface area contributed by atoms with Crippen LogP contribution in [0.25, 0.3) is 0 Å². The van der Waals surface area contributed by atoms with E-state index in [1.54, 1.807) is 7.11 Å². The Morgan fingerprint density at radius 3 is 2.25 bits per heavy atom. The minimum Gasteiger partial charge on any atom is -0.497 e. The third-order valence-corrected chi connectivity index (χ3v) is 9.05. The van der Waals surface area contributed by atoms with E-state index < -0.39 is 0 Å². The highest BCUT2D eigenvalue weighted by atomic mass is 16.5. The lowest BCUT2D eigenvalue weighted by atomic mass is 9.68. The molecule has 1 aliphatic carbocycles. The predicted molar refractivity (Wildman–Crippen MR) is 142 cm³/mol. The first kappa shape index (κ1) is 25.1. The SMILES string of the molecule is COc1ccc(CN2C[C@]3(CC[C@](c4ccccc4)(N(C)C)CC3)N(CC3CCOCC3)C2=O)cc1. The van der Waals surface area contributed by atoms with Crippen molar-refractivity contribution in [2.24, 2.45) is 5.92 Å². The zero-order valence-electron chi connectivity index (χ0n) is 22.1. The maximum atomic E-state index is 13.9. The fourth-order valence-electron chi connectivity index (χ4n) is 6.72. The van der Waals surface area contributed by atoms with Gasteiger partial charge in [-0.1, -0.05) is 42.5 Å². The molecule has 2 amide bonds. The number of carbonyl (C=O) groups is 1. The van der Waals surface area contributed by atoms with Crippen molar-refractivity contribution < 1.29 is 14.3 Å². The van der Waals surface area contributed by atoms with Crippen molar-refractivity contribution in [3.05, 3.63) is 65.7 Å². The van der Waals surface area contributed by atoms with Gasteiger partial charge >= 0.3 is 6.03 Å². The summed E-state index contributed by atoms with van der Waals surface area (Å²) < 4.78 is 10.9. The lowest BCUT2D eigenvalue weighted by molar-refractivity contribution is 0.00708. The molecular weight excluding hydrogens is 450 g/mol. The summed E-state index contributed by atoms with van der Waals surface area (Å²) in [5.41, 5.74) is 2.45. The second-order valence-electron chi connectivity index (χ2n) is 11.2. The number of amides is 2. The monoisotopic (exact) mass is 491 g/mol. The molecule has 6 heteroatoms. The first-order valence-corrected chi connectivity index (χ1v) is 13.5. The molecule has 2 heterocycles. The fraction of sp³-hybridized carbons (Fsp3) is 0.567. The summed E-state index contributed by atoms with van der Waals surface area (Å²) in [5, 5.41) is 0. The second kappa shape index (κ2) is 10.4. The van der Waals surface area contributed by atoms with Crippen LogP contribution in [-0.2, 0) is 16.8 Å². The van der Waals surface area contributed by atoms with Gasteiger partial charge in [0.2, 0.25) is 0 Å². The van der Waals surface area contributed by atoms with E-state index in [1.165, 1.54) is 5.56 Å². The van der Waals surface area contributed by atoms with Crippen molar-refractivity contribution in [2.75, 3.05) is 47.5 Å². The molecule has 2 saturated heterocycles. The summed E-state index contributed by atoms with van der Waals surface area (Å²) >= 11 is 0. The topological polar surface area (TPSA) is 45.2 Å². The number of methoxy groups -OCH3 is 1. The number of hydrogen-bond acceptors (Lipinski definition) is 4. The molecule has 1 saturated carbocycles. The van der Waals surface area contributed by atoms with Gasteiger partial charge in [0.05, 0.1) is 12.6 Å². The van der Waals surface area contributed by atoms with Crippen LogP contribution in [0.2, 0.25) is 0 Å². The Hall–Kier alpha value is -2.57. The van der Waals surface area contributed by atoms with Gasteiger partial charge in [0, 0.05) is 38.4 Å². The molecule has 5 rings (SSSR count). The minimum absolute atomic E-state index is 0.0172. The second-order valence-corrected chi connectivity index (χ2v) is 11.2. The maximum absolute atomic E-state index is 13.9. The molecule has 3 aliphatic rings. The van der Waals surface area contributed by atoms with E-state index in [2.05, 4.69) is 71.3 Å². The quantitative estimate of drug-likeness (QED) is 0.539. The average molecular weight is 492 g/mol. The van der Waals surface area contributed by atoms with Gasteiger partial charge in [-0.25, -0.2) is 4.79 Å². The Labute approximate surface area is 216 Å². The average Bonchev–Trinajstić information content (AvgIpc) is 3.16. The van der Waals surface area contributed by atoms with Crippen molar-refractivity contribution in [2.45, 2.75) is 56.1 Å². The lowest BCUT2D eigenvalue weighted by Crippen LogP contribution is -2.56. The van der Waals surface area contributed by atoms with E-state index in [0.717, 1.165) is 76.1 Å². The molecule has 36 heavy (non-hydrogen) atoms. The molecule has 0 unspecified atom stereocenters. The molecule has 0 aromatic heterocycles. The predicted octanol–water partition coefficient (Wildman–Crippen LogP) is 5.13. The maximum Gasteiger partial charge on any atom is 0.320 e. The normalized spacial score (nSPS) is 27.3. The smallest absolute Gasteiger partial charge is 0.320 e. The Morgan fingerprint density at radius 2 is 1.64 bits per heavy atom.